The molecule has 6 nitrogen and oxygen atoms in total. The predicted octanol–water partition coefficient (Wildman–Crippen LogP) is 1.42. The number of nitrogens with one attached hydrogen (secondary N) is 1. The number of rotatable bonds is 7. The summed E-state index contributed by atoms with van der Waals surface area (Å²) in [6.07, 6.45) is 0. The van der Waals surface area contributed by atoms with Crippen molar-refractivity contribution in [1.29, 1.82) is 0 Å². The number of hydrogen-bond donors (Lipinski definition) is 1. The van der Waals surface area contributed by atoms with E-state index in [1.54, 1.807) is 11.8 Å². The second kappa shape index (κ2) is 7.12. The first-order chi connectivity index (χ1) is 9.72. The van der Waals surface area contributed by atoms with E-state index in [0.717, 1.165) is 11.5 Å². The Morgan fingerprint density at radius 3 is 2.65 bits per heavy atom. The van der Waals surface area contributed by atoms with Gasteiger partial charge in [-0.1, -0.05) is 32.0 Å². The average molecular weight is 275 g/mol. The van der Waals surface area contributed by atoms with Crippen LogP contribution in [0.5, 0.6) is 0 Å². The molecule has 0 bridgehead atoms. The van der Waals surface area contributed by atoms with Crippen LogP contribution in [0.1, 0.15) is 19.7 Å². The van der Waals surface area contributed by atoms with Crippen molar-refractivity contribution in [2.24, 2.45) is 5.92 Å². The summed E-state index contributed by atoms with van der Waals surface area (Å²) < 4.78 is 6.98. The van der Waals surface area contributed by atoms with Gasteiger partial charge < -0.3 is 10.1 Å². The largest absolute Gasteiger partial charge is 0.383 e. The molecule has 0 aliphatic heterocycles. The molecule has 6 heteroatoms. The van der Waals surface area contributed by atoms with Crippen molar-refractivity contribution >= 4 is 0 Å². The molecule has 1 atom stereocenters. The highest BCUT2D eigenvalue weighted by Gasteiger charge is 2.15. The lowest BCUT2D eigenvalue weighted by molar-refractivity contribution is 0.146. The van der Waals surface area contributed by atoms with E-state index in [1.807, 2.05) is 30.3 Å². The molecule has 0 saturated carbocycles. The van der Waals surface area contributed by atoms with Gasteiger partial charge in [-0.3, -0.25) is 0 Å². The number of benzene rings is 1. The third kappa shape index (κ3) is 3.61. The molecule has 1 heterocycles. The van der Waals surface area contributed by atoms with Crippen molar-refractivity contribution in [1.82, 2.24) is 25.5 Å². The number of hydrogen-bond acceptors (Lipinski definition) is 5. The summed E-state index contributed by atoms with van der Waals surface area (Å²) in [5.41, 5.74) is 0.960. The van der Waals surface area contributed by atoms with E-state index in [9.17, 15) is 0 Å². The third-order valence-corrected chi connectivity index (χ3v) is 3.21. The second-order valence-corrected chi connectivity index (χ2v) is 5.03. The molecule has 1 unspecified atom stereocenters. The highest BCUT2D eigenvalue weighted by atomic mass is 16.5. The van der Waals surface area contributed by atoms with Gasteiger partial charge in [-0.25, -0.2) is 0 Å². The summed E-state index contributed by atoms with van der Waals surface area (Å²) in [6, 6.07) is 10.1. The Kier molecular flexibility index (Phi) is 5.20. The number of para-hydroxylation sites is 1. The fourth-order valence-electron chi connectivity index (χ4n) is 1.97. The van der Waals surface area contributed by atoms with Crippen LogP contribution in [0, 0.1) is 5.92 Å². The fourth-order valence-corrected chi connectivity index (χ4v) is 1.97. The Labute approximate surface area is 119 Å². The first kappa shape index (κ1) is 14.6. The quantitative estimate of drug-likeness (QED) is 0.828. The lowest BCUT2D eigenvalue weighted by atomic mass is 10.1. The standard InChI is InChI=1S/C14H21N5O/c1-11(2)13(10-20-3)15-9-14-16-17-18-19(14)12-7-5-4-6-8-12/h4-8,11,13,15H,9-10H2,1-3H3. The number of nitrogens with zero attached hydrogens (tertiary/aromatic N) is 4. The Bertz CT molecular complexity index is 511. The zero-order valence-electron chi connectivity index (χ0n) is 12.2. The first-order valence-corrected chi connectivity index (χ1v) is 6.77. The highest BCUT2D eigenvalue weighted by molar-refractivity contribution is 5.30. The molecule has 2 aromatic rings. The summed E-state index contributed by atoms with van der Waals surface area (Å²) in [5.74, 6) is 1.27. The molecule has 1 aromatic carbocycles. The number of aromatic nitrogens is 4. The van der Waals surface area contributed by atoms with E-state index in [1.165, 1.54) is 0 Å². The lowest BCUT2D eigenvalue weighted by Gasteiger charge is -2.21. The maximum atomic E-state index is 5.23. The number of ether oxygens (including phenoxy) is 1. The SMILES string of the molecule is COCC(NCc1nnnn1-c1ccccc1)C(C)C. The minimum atomic E-state index is 0.279. The lowest BCUT2D eigenvalue weighted by Crippen LogP contribution is -2.37. The molecule has 20 heavy (non-hydrogen) atoms. The Balaban J connectivity index is 2.06. The van der Waals surface area contributed by atoms with Crippen LogP contribution in [0.25, 0.3) is 5.69 Å². The smallest absolute Gasteiger partial charge is 0.170 e. The van der Waals surface area contributed by atoms with E-state index in [4.69, 9.17) is 4.74 Å². The fraction of sp³-hybridized carbons (Fsp3) is 0.500. The molecule has 0 aliphatic rings. The molecule has 0 amide bonds. The van der Waals surface area contributed by atoms with Crippen molar-refractivity contribution in [3.05, 3.63) is 36.2 Å². The highest BCUT2D eigenvalue weighted by Crippen LogP contribution is 2.08. The minimum Gasteiger partial charge on any atom is -0.383 e. The summed E-state index contributed by atoms with van der Waals surface area (Å²) in [4.78, 5) is 0. The van der Waals surface area contributed by atoms with Gasteiger partial charge in [-0.2, -0.15) is 4.68 Å². The van der Waals surface area contributed by atoms with Crippen molar-refractivity contribution in [3.8, 4) is 5.69 Å². The summed E-state index contributed by atoms with van der Waals surface area (Å²) in [7, 11) is 1.71. The van der Waals surface area contributed by atoms with Crippen LogP contribution >= 0.6 is 0 Å². The Hall–Kier alpha value is -1.79. The molecular weight excluding hydrogens is 254 g/mol. The summed E-state index contributed by atoms with van der Waals surface area (Å²) >= 11 is 0. The molecule has 0 aliphatic carbocycles. The van der Waals surface area contributed by atoms with Crippen LogP contribution in [0.2, 0.25) is 0 Å². The molecule has 0 saturated heterocycles. The van der Waals surface area contributed by atoms with E-state index in [0.29, 0.717) is 19.1 Å². The molecular formula is C14H21N5O. The van der Waals surface area contributed by atoms with E-state index < -0.39 is 0 Å². The molecule has 1 aromatic heterocycles. The van der Waals surface area contributed by atoms with Gasteiger partial charge in [0.15, 0.2) is 5.82 Å². The average Bonchev–Trinajstić information content (AvgIpc) is 2.92. The normalized spacial score (nSPS) is 12.8. The zero-order valence-corrected chi connectivity index (χ0v) is 12.2. The second-order valence-electron chi connectivity index (χ2n) is 5.03. The van der Waals surface area contributed by atoms with Crippen molar-refractivity contribution in [3.63, 3.8) is 0 Å². The Morgan fingerprint density at radius 1 is 1.25 bits per heavy atom. The number of methoxy groups -OCH3 is 1. The van der Waals surface area contributed by atoms with E-state index >= 15 is 0 Å². The number of tetrazole rings is 1. The predicted molar refractivity (Wildman–Crippen MR) is 76.5 cm³/mol. The van der Waals surface area contributed by atoms with Crippen molar-refractivity contribution < 1.29 is 4.74 Å². The third-order valence-electron chi connectivity index (χ3n) is 3.21. The van der Waals surface area contributed by atoms with Crippen molar-refractivity contribution in [2.75, 3.05) is 13.7 Å². The maximum absolute atomic E-state index is 5.23. The van der Waals surface area contributed by atoms with Crippen LogP contribution in [-0.4, -0.2) is 40.0 Å². The Morgan fingerprint density at radius 2 is 2.00 bits per heavy atom. The van der Waals surface area contributed by atoms with Crippen LogP contribution < -0.4 is 5.32 Å². The molecule has 2 rings (SSSR count). The monoisotopic (exact) mass is 275 g/mol. The van der Waals surface area contributed by atoms with Crippen LogP contribution in [0.15, 0.2) is 30.3 Å². The molecule has 0 fully saturated rings. The summed E-state index contributed by atoms with van der Waals surface area (Å²) in [5, 5.41) is 15.3. The van der Waals surface area contributed by atoms with E-state index in [-0.39, 0.29) is 6.04 Å². The molecule has 0 radical (unpaired) electrons. The van der Waals surface area contributed by atoms with Gasteiger partial charge in [0.25, 0.3) is 0 Å². The van der Waals surface area contributed by atoms with Gasteiger partial charge in [-0.05, 0) is 28.5 Å². The summed E-state index contributed by atoms with van der Waals surface area (Å²) in [6.45, 7) is 5.60. The minimum absolute atomic E-state index is 0.279. The maximum Gasteiger partial charge on any atom is 0.170 e. The topological polar surface area (TPSA) is 64.9 Å². The van der Waals surface area contributed by atoms with Crippen LogP contribution in [-0.2, 0) is 11.3 Å². The van der Waals surface area contributed by atoms with Crippen LogP contribution in [0.4, 0.5) is 0 Å². The van der Waals surface area contributed by atoms with Crippen LogP contribution in [0.3, 0.4) is 0 Å². The van der Waals surface area contributed by atoms with Gasteiger partial charge in [0.05, 0.1) is 18.8 Å². The van der Waals surface area contributed by atoms with Gasteiger partial charge in [0.1, 0.15) is 0 Å². The molecule has 108 valence electrons. The first-order valence-electron chi connectivity index (χ1n) is 6.77. The van der Waals surface area contributed by atoms with E-state index in [2.05, 4.69) is 34.7 Å². The zero-order chi connectivity index (χ0) is 14.4. The van der Waals surface area contributed by atoms with Crippen molar-refractivity contribution in [2.45, 2.75) is 26.4 Å². The molecule has 0 spiro atoms. The van der Waals surface area contributed by atoms with Gasteiger partial charge in [-0.15, -0.1) is 5.10 Å². The van der Waals surface area contributed by atoms with Gasteiger partial charge in [0, 0.05) is 13.2 Å². The van der Waals surface area contributed by atoms with Gasteiger partial charge >= 0.3 is 0 Å². The molecule has 1 N–H and O–H groups in total. The van der Waals surface area contributed by atoms with Gasteiger partial charge in [0.2, 0.25) is 0 Å².